The molecule has 1 heterocycles. The van der Waals surface area contributed by atoms with Gasteiger partial charge in [0.05, 0.1) is 13.2 Å². The summed E-state index contributed by atoms with van der Waals surface area (Å²) >= 11 is 0. The van der Waals surface area contributed by atoms with E-state index in [4.69, 9.17) is 4.74 Å². The topological polar surface area (TPSA) is 41.6 Å². The average Bonchev–Trinajstić information content (AvgIpc) is 2.77. The Balaban J connectivity index is 2.36. The van der Waals surface area contributed by atoms with Crippen molar-refractivity contribution in [1.82, 2.24) is 10.2 Å². The van der Waals surface area contributed by atoms with Crippen LogP contribution in [-0.4, -0.2) is 30.0 Å². The quantitative estimate of drug-likeness (QED) is 0.906. The van der Waals surface area contributed by atoms with Gasteiger partial charge in [0.25, 0.3) is 0 Å². The van der Waals surface area contributed by atoms with E-state index >= 15 is 0 Å². The Hall–Kier alpha value is -1.55. The number of benzene rings is 1. The summed E-state index contributed by atoms with van der Waals surface area (Å²) in [4.78, 5) is 14.5. The third kappa shape index (κ3) is 2.91. The highest BCUT2D eigenvalue weighted by molar-refractivity contribution is 5.84. The number of aryl methyl sites for hydroxylation is 1. The van der Waals surface area contributed by atoms with E-state index in [1.54, 1.807) is 7.11 Å². The van der Waals surface area contributed by atoms with Gasteiger partial charge in [0, 0.05) is 6.04 Å². The van der Waals surface area contributed by atoms with Gasteiger partial charge in [0.1, 0.15) is 11.9 Å². The van der Waals surface area contributed by atoms with Gasteiger partial charge in [0.15, 0.2) is 0 Å². The van der Waals surface area contributed by atoms with Crippen LogP contribution in [0, 0.1) is 6.92 Å². The minimum atomic E-state index is -0.127. The lowest BCUT2D eigenvalue weighted by molar-refractivity contribution is -0.132. The van der Waals surface area contributed by atoms with Crippen LogP contribution in [0.15, 0.2) is 18.2 Å². The van der Waals surface area contributed by atoms with E-state index in [1.807, 2.05) is 30.9 Å². The number of carbonyl (C=O) groups excluding carboxylic acids is 1. The number of carbonyl (C=O) groups is 1. The molecule has 1 N–H and O–H groups in total. The Labute approximate surface area is 127 Å². The van der Waals surface area contributed by atoms with E-state index in [0.29, 0.717) is 0 Å². The van der Waals surface area contributed by atoms with Crippen LogP contribution >= 0.6 is 0 Å². The van der Waals surface area contributed by atoms with Gasteiger partial charge in [-0.25, -0.2) is 0 Å². The number of nitrogens with zero attached hydrogens (tertiary/aromatic N) is 1. The molecule has 0 saturated carbocycles. The molecular formula is C17H26N2O2. The number of nitrogens with one attached hydrogen (secondary N) is 1. The summed E-state index contributed by atoms with van der Waals surface area (Å²) in [6, 6.07) is 6.28. The van der Waals surface area contributed by atoms with Crippen molar-refractivity contribution in [2.45, 2.75) is 58.8 Å². The van der Waals surface area contributed by atoms with Gasteiger partial charge in [-0.2, -0.15) is 0 Å². The molecule has 2 rings (SSSR count). The van der Waals surface area contributed by atoms with Gasteiger partial charge in [-0.1, -0.05) is 19.9 Å². The maximum absolute atomic E-state index is 12.5. The van der Waals surface area contributed by atoms with Crippen LogP contribution in [0.5, 0.6) is 5.75 Å². The van der Waals surface area contributed by atoms with Crippen LogP contribution in [-0.2, 0) is 4.79 Å². The molecule has 1 aliphatic rings. The summed E-state index contributed by atoms with van der Waals surface area (Å²) in [6.07, 6.45) is 1.91. The zero-order valence-electron chi connectivity index (χ0n) is 13.6. The maximum atomic E-state index is 12.5. The molecule has 116 valence electrons. The normalized spacial score (nSPS) is 22.2. The molecule has 4 heteroatoms. The lowest BCUT2D eigenvalue weighted by Crippen LogP contribution is -2.39. The molecule has 2 unspecified atom stereocenters. The van der Waals surface area contributed by atoms with Crippen LogP contribution in [0.4, 0.5) is 0 Å². The highest BCUT2D eigenvalue weighted by Gasteiger charge is 2.40. The highest BCUT2D eigenvalue weighted by atomic mass is 16.5. The summed E-state index contributed by atoms with van der Waals surface area (Å²) < 4.78 is 5.32. The molecule has 0 aliphatic carbocycles. The summed E-state index contributed by atoms with van der Waals surface area (Å²) in [5.74, 6) is 1.08. The number of hydrogen-bond acceptors (Lipinski definition) is 3. The smallest absolute Gasteiger partial charge is 0.241 e. The fourth-order valence-corrected chi connectivity index (χ4v) is 3.14. The fraction of sp³-hybridized carbons (Fsp3) is 0.588. The second-order valence-electron chi connectivity index (χ2n) is 5.74. The van der Waals surface area contributed by atoms with E-state index in [2.05, 4.69) is 25.2 Å². The van der Waals surface area contributed by atoms with Crippen LogP contribution in [0.3, 0.4) is 0 Å². The molecule has 4 nitrogen and oxygen atoms in total. The Morgan fingerprint density at radius 1 is 1.33 bits per heavy atom. The number of ether oxygens (including phenoxy) is 1. The van der Waals surface area contributed by atoms with E-state index in [9.17, 15) is 4.79 Å². The van der Waals surface area contributed by atoms with Crippen LogP contribution in [0.2, 0.25) is 0 Å². The van der Waals surface area contributed by atoms with Gasteiger partial charge in [-0.15, -0.1) is 0 Å². The zero-order chi connectivity index (χ0) is 15.6. The first kappa shape index (κ1) is 15.8. The molecule has 1 aliphatic heterocycles. The zero-order valence-corrected chi connectivity index (χ0v) is 13.6. The summed E-state index contributed by atoms with van der Waals surface area (Å²) in [5, 5.41) is 3.42. The lowest BCUT2D eigenvalue weighted by atomic mass is 10.0. The second kappa shape index (κ2) is 6.48. The van der Waals surface area contributed by atoms with E-state index in [-0.39, 0.29) is 24.2 Å². The van der Waals surface area contributed by atoms with Crippen molar-refractivity contribution >= 4 is 5.91 Å². The molecule has 0 spiro atoms. The van der Waals surface area contributed by atoms with Gasteiger partial charge in [-0.05, 0) is 49.9 Å². The van der Waals surface area contributed by atoms with E-state index in [0.717, 1.165) is 29.7 Å². The Morgan fingerprint density at radius 3 is 2.52 bits per heavy atom. The van der Waals surface area contributed by atoms with Crippen molar-refractivity contribution in [3.63, 3.8) is 0 Å². The summed E-state index contributed by atoms with van der Waals surface area (Å²) in [7, 11) is 1.68. The molecule has 2 atom stereocenters. The van der Waals surface area contributed by atoms with E-state index < -0.39 is 0 Å². The summed E-state index contributed by atoms with van der Waals surface area (Å²) in [5.41, 5.74) is 2.21. The predicted octanol–water partition coefficient (Wildman–Crippen LogP) is 3.01. The monoisotopic (exact) mass is 290 g/mol. The number of amides is 1. The van der Waals surface area contributed by atoms with Crippen molar-refractivity contribution in [2.24, 2.45) is 0 Å². The first-order chi connectivity index (χ1) is 10.0. The molecule has 0 aromatic heterocycles. The third-order valence-electron chi connectivity index (χ3n) is 4.38. The first-order valence-corrected chi connectivity index (χ1v) is 7.76. The molecule has 1 saturated heterocycles. The molecule has 1 amide bonds. The Bertz CT molecular complexity index is 512. The molecule has 1 aromatic carbocycles. The highest BCUT2D eigenvalue weighted by Crippen LogP contribution is 2.31. The second-order valence-corrected chi connectivity index (χ2v) is 5.74. The summed E-state index contributed by atoms with van der Waals surface area (Å²) in [6.45, 7) is 8.25. The molecule has 1 fully saturated rings. The Kier molecular flexibility index (Phi) is 4.88. The Morgan fingerprint density at radius 2 is 2.00 bits per heavy atom. The predicted molar refractivity (Wildman–Crippen MR) is 84.3 cm³/mol. The molecular weight excluding hydrogens is 264 g/mol. The van der Waals surface area contributed by atoms with Crippen molar-refractivity contribution in [2.75, 3.05) is 7.11 Å². The molecule has 21 heavy (non-hydrogen) atoms. The third-order valence-corrected chi connectivity index (χ3v) is 4.38. The number of methoxy groups -OCH3 is 1. The van der Waals surface area contributed by atoms with Gasteiger partial charge in [-0.3, -0.25) is 10.1 Å². The molecule has 0 bridgehead atoms. The minimum absolute atomic E-state index is 0.0398. The van der Waals surface area contributed by atoms with Crippen molar-refractivity contribution in [3.8, 4) is 5.75 Å². The molecule has 0 radical (unpaired) electrons. The van der Waals surface area contributed by atoms with Gasteiger partial charge < -0.3 is 9.64 Å². The van der Waals surface area contributed by atoms with Crippen molar-refractivity contribution < 1.29 is 9.53 Å². The van der Waals surface area contributed by atoms with Crippen molar-refractivity contribution in [3.05, 3.63) is 29.3 Å². The number of rotatable bonds is 5. The lowest BCUT2D eigenvalue weighted by Gasteiger charge is -2.32. The average molecular weight is 290 g/mol. The standard InChI is InChI=1S/C17H26N2O2/c1-6-14(7-2)19-16(18-12(4)17(19)20)13-8-9-15(21-5)11(3)10-13/h8-10,12,14,16,18H,6-7H2,1-5H3. The fourth-order valence-electron chi connectivity index (χ4n) is 3.14. The molecule has 1 aromatic rings. The van der Waals surface area contributed by atoms with Crippen LogP contribution in [0.1, 0.15) is 50.9 Å². The SMILES string of the molecule is CCC(CC)N1C(=O)C(C)NC1c1ccc(OC)c(C)c1. The van der Waals surface area contributed by atoms with Gasteiger partial charge in [0.2, 0.25) is 5.91 Å². The van der Waals surface area contributed by atoms with Crippen LogP contribution < -0.4 is 10.1 Å². The number of hydrogen-bond donors (Lipinski definition) is 1. The van der Waals surface area contributed by atoms with Crippen LogP contribution in [0.25, 0.3) is 0 Å². The van der Waals surface area contributed by atoms with E-state index in [1.165, 1.54) is 0 Å². The first-order valence-electron chi connectivity index (χ1n) is 7.76. The van der Waals surface area contributed by atoms with Crippen molar-refractivity contribution in [1.29, 1.82) is 0 Å². The van der Waals surface area contributed by atoms with Gasteiger partial charge >= 0.3 is 0 Å². The maximum Gasteiger partial charge on any atom is 0.241 e. The largest absolute Gasteiger partial charge is 0.496 e. The minimum Gasteiger partial charge on any atom is -0.496 e.